The fourth-order valence-corrected chi connectivity index (χ4v) is 1.97. The minimum Gasteiger partial charge on any atom is -0.281 e. The maximum atomic E-state index is 11.0. The van der Waals surface area contributed by atoms with E-state index in [2.05, 4.69) is 15.4 Å². The first-order chi connectivity index (χ1) is 7.50. The Morgan fingerprint density at radius 1 is 1.25 bits per heavy atom. The second-order valence-corrected chi connectivity index (χ2v) is 4.60. The molecule has 84 valence electrons. The van der Waals surface area contributed by atoms with Gasteiger partial charge in [0.05, 0.1) is 0 Å². The lowest BCUT2D eigenvalue weighted by molar-refractivity contribution is 0.479. The van der Waals surface area contributed by atoms with E-state index < -0.39 is 15.1 Å². The first kappa shape index (κ1) is 10.8. The van der Waals surface area contributed by atoms with Crippen LogP contribution in [0.3, 0.4) is 0 Å². The third-order valence-corrected chi connectivity index (χ3v) is 2.93. The van der Waals surface area contributed by atoms with Gasteiger partial charge in [-0.25, -0.2) is 0 Å². The van der Waals surface area contributed by atoms with Gasteiger partial charge in [-0.15, -0.1) is 5.10 Å². The Hall–Kier alpha value is -1.73. The highest BCUT2D eigenvalue weighted by molar-refractivity contribution is 7.85. The molecule has 0 atom stereocenters. The molecule has 0 spiro atoms. The number of benzene rings is 1. The number of hydrogen-bond acceptors (Lipinski definition) is 4. The summed E-state index contributed by atoms with van der Waals surface area (Å²) < 4.78 is 31.0. The lowest BCUT2D eigenvalue weighted by Gasteiger charge is -2.01. The van der Waals surface area contributed by atoms with Crippen LogP contribution in [-0.2, 0) is 10.1 Å². The van der Waals surface area contributed by atoms with Crippen molar-refractivity contribution in [1.82, 2.24) is 15.4 Å². The standard InChI is InChI=1S/C9H9N3O3S/c1-6-4-2-3-5-7(6)8-9(11-12-10-8)16(13,14)15/h2-5H,1H3,(H,10,11,12)(H,13,14,15). The Kier molecular flexibility index (Phi) is 2.49. The number of aromatic amines is 1. The summed E-state index contributed by atoms with van der Waals surface area (Å²) in [6.45, 7) is 1.82. The van der Waals surface area contributed by atoms with Gasteiger partial charge in [-0.3, -0.25) is 4.55 Å². The molecule has 0 unspecified atom stereocenters. The van der Waals surface area contributed by atoms with Crippen molar-refractivity contribution in [2.24, 2.45) is 0 Å². The van der Waals surface area contributed by atoms with E-state index in [1.165, 1.54) is 0 Å². The molecule has 16 heavy (non-hydrogen) atoms. The molecule has 0 aliphatic heterocycles. The second-order valence-electron chi connectivity index (χ2n) is 3.27. The Labute approximate surface area is 92.1 Å². The number of hydrogen-bond donors (Lipinski definition) is 2. The Morgan fingerprint density at radius 3 is 2.56 bits per heavy atom. The summed E-state index contributed by atoms with van der Waals surface area (Å²) in [6, 6.07) is 7.11. The maximum absolute atomic E-state index is 11.0. The largest absolute Gasteiger partial charge is 0.316 e. The summed E-state index contributed by atoms with van der Waals surface area (Å²) in [6.07, 6.45) is 0. The predicted molar refractivity (Wildman–Crippen MR) is 56.4 cm³/mol. The van der Waals surface area contributed by atoms with Crippen molar-refractivity contribution in [1.29, 1.82) is 0 Å². The number of H-pyrrole nitrogens is 1. The maximum Gasteiger partial charge on any atom is 0.316 e. The van der Waals surface area contributed by atoms with E-state index in [1.807, 2.05) is 19.1 Å². The SMILES string of the molecule is Cc1ccccc1-c1n[nH]nc1S(=O)(=O)O. The molecule has 1 aromatic heterocycles. The van der Waals surface area contributed by atoms with Crippen LogP contribution in [0.15, 0.2) is 29.3 Å². The van der Waals surface area contributed by atoms with Crippen molar-refractivity contribution in [2.45, 2.75) is 11.9 Å². The van der Waals surface area contributed by atoms with Crippen molar-refractivity contribution in [2.75, 3.05) is 0 Å². The van der Waals surface area contributed by atoms with Crippen molar-refractivity contribution < 1.29 is 13.0 Å². The Bertz CT molecular complexity index is 618. The van der Waals surface area contributed by atoms with Gasteiger partial charge in [-0.1, -0.05) is 24.3 Å². The van der Waals surface area contributed by atoms with Gasteiger partial charge in [0.1, 0.15) is 5.69 Å². The Morgan fingerprint density at radius 2 is 1.94 bits per heavy atom. The predicted octanol–water partition coefficient (Wildman–Crippen LogP) is 1.03. The molecule has 1 aromatic carbocycles. The van der Waals surface area contributed by atoms with E-state index in [0.717, 1.165) is 5.56 Å². The lowest BCUT2D eigenvalue weighted by atomic mass is 10.1. The van der Waals surface area contributed by atoms with Gasteiger partial charge in [0.15, 0.2) is 0 Å². The number of nitrogens with one attached hydrogen (secondary N) is 1. The summed E-state index contributed by atoms with van der Waals surface area (Å²) in [7, 11) is -4.36. The summed E-state index contributed by atoms with van der Waals surface area (Å²) in [5.41, 5.74) is 1.59. The minimum absolute atomic E-state index is 0.126. The molecule has 0 aliphatic rings. The molecule has 0 bridgehead atoms. The Balaban J connectivity index is 2.68. The molecular formula is C9H9N3O3S. The smallest absolute Gasteiger partial charge is 0.281 e. The fraction of sp³-hybridized carbons (Fsp3) is 0.111. The quantitative estimate of drug-likeness (QED) is 0.763. The van der Waals surface area contributed by atoms with Gasteiger partial charge >= 0.3 is 10.1 Å². The third kappa shape index (κ3) is 1.82. The highest BCUT2D eigenvalue weighted by Crippen LogP contribution is 2.25. The summed E-state index contributed by atoms with van der Waals surface area (Å²) >= 11 is 0. The van der Waals surface area contributed by atoms with Gasteiger partial charge < -0.3 is 0 Å². The zero-order valence-electron chi connectivity index (χ0n) is 8.38. The van der Waals surface area contributed by atoms with Crippen molar-refractivity contribution in [3.63, 3.8) is 0 Å². The second kappa shape index (κ2) is 3.69. The minimum atomic E-state index is -4.36. The first-order valence-electron chi connectivity index (χ1n) is 4.44. The molecule has 7 heteroatoms. The number of rotatable bonds is 2. The number of aryl methyl sites for hydroxylation is 1. The summed E-state index contributed by atoms with van der Waals surface area (Å²) in [5.74, 6) is 0. The zero-order valence-corrected chi connectivity index (χ0v) is 9.19. The lowest BCUT2D eigenvalue weighted by Crippen LogP contribution is -2.01. The highest BCUT2D eigenvalue weighted by atomic mass is 32.2. The molecule has 2 N–H and O–H groups in total. The topological polar surface area (TPSA) is 95.9 Å². The average molecular weight is 239 g/mol. The third-order valence-electron chi connectivity index (χ3n) is 2.16. The van der Waals surface area contributed by atoms with Crippen molar-refractivity contribution in [3.05, 3.63) is 29.8 Å². The average Bonchev–Trinajstić information content (AvgIpc) is 2.66. The molecule has 2 rings (SSSR count). The molecule has 0 amide bonds. The highest BCUT2D eigenvalue weighted by Gasteiger charge is 2.22. The van der Waals surface area contributed by atoms with Gasteiger partial charge in [0.25, 0.3) is 0 Å². The van der Waals surface area contributed by atoms with Crippen LogP contribution in [0.25, 0.3) is 11.3 Å². The van der Waals surface area contributed by atoms with Crippen LogP contribution in [0.1, 0.15) is 5.56 Å². The first-order valence-corrected chi connectivity index (χ1v) is 5.88. The molecule has 0 saturated carbocycles. The van der Waals surface area contributed by atoms with E-state index in [1.54, 1.807) is 12.1 Å². The van der Waals surface area contributed by atoms with E-state index >= 15 is 0 Å². The van der Waals surface area contributed by atoms with E-state index in [9.17, 15) is 8.42 Å². The monoisotopic (exact) mass is 239 g/mol. The molecule has 1 heterocycles. The molecule has 6 nitrogen and oxygen atoms in total. The van der Waals surface area contributed by atoms with Crippen LogP contribution >= 0.6 is 0 Å². The van der Waals surface area contributed by atoms with Gasteiger partial charge in [-0.05, 0) is 12.5 Å². The number of aromatic nitrogens is 3. The molecule has 0 fully saturated rings. The van der Waals surface area contributed by atoms with E-state index in [4.69, 9.17) is 4.55 Å². The fourth-order valence-electron chi connectivity index (χ4n) is 1.42. The number of nitrogens with zero attached hydrogens (tertiary/aromatic N) is 2. The summed E-state index contributed by atoms with van der Waals surface area (Å²) in [5, 5.41) is 8.90. The van der Waals surface area contributed by atoms with Crippen LogP contribution in [0.2, 0.25) is 0 Å². The van der Waals surface area contributed by atoms with Crippen LogP contribution in [0.4, 0.5) is 0 Å². The van der Waals surface area contributed by atoms with Crippen LogP contribution in [-0.4, -0.2) is 28.4 Å². The van der Waals surface area contributed by atoms with Crippen LogP contribution in [0, 0.1) is 6.92 Å². The van der Waals surface area contributed by atoms with Gasteiger partial charge in [0.2, 0.25) is 5.03 Å². The molecule has 2 aromatic rings. The summed E-state index contributed by atoms with van der Waals surface area (Å²) in [4.78, 5) is 0. The molecule has 0 aliphatic carbocycles. The van der Waals surface area contributed by atoms with Crippen LogP contribution < -0.4 is 0 Å². The normalized spacial score (nSPS) is 11.6. The van der Waals surface area contributed by atoms with Gasteiger partial charge in [-0.2, -0.15) is 18.7 Å². The van der Waals surface area contributed by atoms with Crippen LogP contribution in [0.5, 0.6) is 0 Å². The molecule has 0 radical (unpaired) electrons. The molecular weight excluding hydrogens is 230 g/mol. The van der Waals surface area contributed by atoms with E-state index in [-0.39, 0.29) is 5.69 Å². The molecule has 0 saturated heterocycles. The van der Waals surface area contributed by atoms with E-state index in [0.29, 0.717) is 5.56 Å². The van der Waals surface area contributed by atoms with Gasteiger partial charge in [0, 0.05) is 5.56 Å². The zero-order chi connectivity index (χ0) is 11.8. The van der Waals surface area contributed by atoms with Crippen molar-refractivity contribution >= 4 is 10.1 Å². The van der Waals surface area contributed by atoms with Crippen molar-refractivity contribution in [3.8, 4) is 11.3 Å².